The number of carbonyl (C=O) groups excluding carboxylic acids is 1. The highest BCUT2D eigenvalue weighted by Crippen LogP contribution is 2.52. The zero-order chi connectivity index (χ0) is 21.0. The van der Waals surface area contributed by atoms with Crippen molar-refractivity contribution < 1.29 is 4.79 Å². The summed E-state index contributed by atoms with van der Waals surface area (Å²) in [6.45, 7) is 6.04. The van der Waals surface area contributed by atoms with Crippen LogP contribution in [0.4, 0.5) is 0 Å². The number of pyridine rings is 1. The van der Waals surface area contributed by atoms with Crippen LogP contribution in [0.15, 0.2) is 67.4 Å². The molecule has 4 heteroatoms. The van der Waals surface area contributed by atoms with Gasteiger partial charge in [0.2, 0.25) is 5.91 Å². The normalized spacial score (nSPS) is 14.4. The van der Waals surface area contributed by atoms with Crippen molar-refractivity contribution in [2.75, 3.05) is 0 Å². The van der Waals surface area contributed by atoms with Crippen molar-refractivity contribution >= 4 is 34.5 Å². The van der Waals surface area contributed by atoms with Gasteiger partial charge in [0, 0.05) is 22.5 Å². The molecule has 1 amide bonds. The Morgan fingerprint density at radius 1 is 1.10 bits per heavy atom. The van der Waals surface area contributed by atoms with Gasteiger partial charge in [-0.05, 0) is 63.2 Å². The van der Waals surface area contributed by atoms with Crippen LogP contribution in [-0.4, -0.2) is 10.9 Å². The minimum Gasteiger partial charge on any atom is -0.366 e. The largest absolute Gasteiger partial charge is 0.366 e. The van der Waals surface area contributed by atoms with E-state index in [1.54, 1.807) is 18.3 Å². The summed E-state index contributed by atoms with van der Waals surface area (Å²) in [6.07, 6.45) is 3.37. The fourth-order valence-electron chi connectivity index (χ4n) is 4.28. The molecule has 30 heavy (non-hydrogen) atoms. The van der Waals surface area contributed by atoms with Crippen LogP contribution in [0.2, 0.25) is 5.02 Å². The average molecular weight is 411 g/mol. The highest BCUT2D eigenvalue weighted by molar-refractivity contribution is 6.32. The van der Waals surface area contributed by atoms with Gasteiger partial charge < -0.3 is 5.73 Å². The molecule has 1 atom stereocenters. The van der Waals surface area contributed by atoms with Crippen molar-refractivity contribution in [2.45, 2.75) is 12.8 Å². The van der Waals surface area contributed by atoms with Gasteiger partial charge in [-0.2, -0.15) is 0 Å². The lowest BCUT2D eigenvalue weighted by molar-refractivity contribution is 0.100. The molecule has 4 aromatic rings. The van der Waals surface area contributed by atoms with E-state index >= 15 is 0 Å². The number of nitrogens with zero attached hydrogens (tertiary/aromatic N) is 1. The predicted molar refractivity (Wildman–Crippen MR) is 124 cm³/mol. The lowest BCUT2D eigenvalue weighted by Gasteiger charge is -2.13. The number of rotatable bonds is 4. The number of halogens is 1. The van der Waals surface area contributed by atoms with Crippen molar-refractivity contribution in [3.8, 4) is 22.3 Å². The van der Waals surface area contributed by atoms with Crippen LogP contribution >= 0.6 is 11.6 Å². The van der Waals surface area contributed by atoms with E-state index in [9.17, 15) is 4.79 Å². The van der Waals surface area contributed by atoms with E-state index in [0.29, 0.717) is 16.5 Å². The predicted octanol–water partition coefficient (Wildman–Crippen LogP) is 6.43. The molecule has 0 spiro atoms. The van der Waals surface area contributed by atoms with Crippen molar-refractivity contribution in [2.24, 2.45) is 5.73 Å². The standard InChI is InChI=1S/C26H19ClN2O/c1-3-15-4-5-17(13-22(15)27)25-19(8-7-18-14(2)24(18)25)16-6-9-23-21(12-16)20(26(28)30)10-11-29-23/h3-14H,1H2,2H3,(H2,28,30). The third-order valence-electron chi connectivity index (χ3n) is 5.92. The van der Waals surface area contributed by atoms with Crippen LogP contribution in [0.3, 0.4) is 0 Å². The molecule has 0 bridgehead atoms. The van der Waals surface area contributed by atoms with Crippen molar-refractivity contribution in [1.29, 1.82) is 0 Å². The van der Waals surface area contributed by atoms with Gasteiger partial charge in [-0.3, -0.25) is 9.78 Å². The first kappa shape index (κ1) is 18.6. The molecule has 1 aromatic heterocycles. The molecule has 5 rings (SSSR count). The zero-order valence-electron chi connectivity index (χ0n) is 16.4. The number of nitrogens with two attached hydrogens (primary N) is 1. The number of hydrogen-bond donors (Lipinski definition) is 1. The summed E-state index contributed by atoms with van der Waals surface area (Å²) >= 11 is 6.49. The second kappa shape index (κ2) is 6.82. The van der Waals surface area contributed by atoms with E-state index in [1.807, 2.05) is 30.3 Å². The first-order chi connectivity index (χ1) is 14.5. The Kier molecular flexibility index (Phi) is 4.23. The molecule has 0 saturated heterocycles. The lowest BCUT2D eigenvalue weighted by Crippen LogP contribution is -2.11. The van der Waals surface area contributed by atoms with E-state index in [2.05, 4.69) is 36.7 Å². The van der Waals surface area contributed by atoms with Gasteiger partial charge in [-0.15, -0.1) is 0 Å². The smallest absolute Gasteiger partial charge is 0.249 e. The Balaban J connectivity index is 1.76. The van der Waals surface area contributed by atoms with Crippen LogP contribution in [-0.2, 0) is 0 Å². The van der Waals surface area contributed by atoms with Crippen LogP contribution < -0.4 is 5.73 Å². The molecule has 0 saturated carbocycles. The second-order valence-electron chi connectivity index (χ2n) is 7.61. The number of benzene rings is 3. The minimum atomic E-state index is -0.458. The van der Waals surface area contributed by atoms with Gasteiger partial charge in [0.05, 0.1) is 11.1 Å². The summed E-state index contributed by atoms with van der Waals surface area (Å²) in [4.78, 5) is 16.3. The van der Waals surface area contributed by atoms with Gasteiger partial charge in [-0.25, -0.2) is 0 Å². The Hall–Kier alpha value is -3.43. The molecule has 1 heterocycles. The second-order valence-corrected chi connectivity index (χ2v) is 8.02. The van der Waals surface area contributed by atoms with Crippen LogP contribution in [0.1, 0.15) is 39.9 Å². The Labute approximate surface area is 179 Å². The number of aromatic nitrogens is 1. The Morgan fingerprint density at radius 2 is 1.90 bits per heavy atom. The zero-order valence-corrected chi connectivity index (χ0v) is 17.2. The van der Waals surface area contributed by atoms with Gasteiger partial charge >= 0.3 is 0 Å². The summed E-state index contributed by atoms with van der Waals surface area (Å²) in [5.74, 6) is -0.0320. The van der Waals surface area contributed by atoms with Gasteiger partial charge in [-0.1, -0.05) is 61.5 Å². The number of carbonyl (C=O) groups is 1. The van der Waals surface area contributed by atoms with Crippen LogP contribution in [0, 0.1) is 0 Å². The molecule has 146 valence electrons. The van der Waals surface area contributed by atoms with E-state index in [4.69, 9.17) is 17.3 Å². The first-order valence-electron chi connectivity index (χ1n) is 9.77. The summed E-state index contributed by atoms with van der Waals surface area (Å²) in [5, 5.41) is 1.43. The summed E-state index contributed by atoms with van der Waals surface area (Å²) < 4.78 is 0. The number of fused-ring (bicyclic) bond motifs is 2. The van der Waals surface area contributed by atoms with E-state index in [0.717, 1.165) is 33.2 Å². The SMILES string of the molecule is C=Cc1ccc(-c2c(-c3ccc4nccc(C(N)=O)c4c3)ccc3c2C3C)cc1Cl. The monoisotopic (exact) mass is 410 g/mol. The average Bonchev–Trinajstić information content (AvgIpc) is 3.42. The van der Waals surface area contributed by atoms with E-state index in [-0.39, 0.29) is 0 Å². The maximum Gasteiger partial charge on any atom is 0.249 e. The molecule has 2 N–H and O–H groups in total. The minimum absolute atomic E-state index is 0.426. The maximum atomic E-state index is 11.9. The highest BCUT2D eigenvalue weighted by atomic mass is 35.5. The van der Waals surface area contributed by atoms with Gasteiger partial charge in [0.1, 0.15) is 0 Å². The molecular weight excluding hydrogens is 392 g/mol. The molecule has 0 aliphatic heterocycles. The van der Waals surface area contributed by atoms with Crippen molar-refractivity contribution in [3.05, 3.63) is 94.6 Å². The number of amides is 1. The van der Waals surface area contributed by atoms with E-state index < -0.39 is 5.91 Å². The fourth-order valence-corrected chi connectivity index (χ4v) is 4.54. The molecule has 0 radical (unpaired) electrons. The molecule has 1 aliphatic rings. The summed E-state index contributed by atoms with van der Waals surface area (Å²) in [5.41, 5.74) is 14.8. The molecular formula is C26H19ClN2O. The van der Waals surface area contributed by atoms with Crippen molar-refractivity contribution in [1.82, 2.24) is 4.98 Å². The quantitative estimate of drug-likeness (QED) is 0.421. The van der Waals surface area contributed by atoms with Crippen LogP contribution in [0.5, 0.6) is 0 Å². The molecule has 1 unspecified atom stereocenters. The third-order valence-corrected chi connectivity index (χ3v) is 6.25. The van der Waals surface area contributed by atoms with Gasteiger partial charge in [0.25, 0.3) is 0 Å². The summed E-state index contributed by atoms with van der Waals surface area (Å²) in [7, 11) is 0. The number of primary amides is 1. The Bertz CT molecular complexity index is 1370. The topological polar surface area (TPSA) is 56.0 Å². The lowest BCUT2D eigenvalue weighted by atomic mass is 9.92. The molecule has 0 fully saturated rings. The number of hydrogen-bond acceptors (Lipinski definition) is 2. The third kappa shape index (κ3) is 2.82. The van der Waals surface area contributed by atoms with E-state index in [1.165, 1.54) is 16.7 Å². The Morgan fingerprint density at radius 3 is 2.63 bits per heavy atom. The highest BCUT2D eigenvalue weighted by Gasteiger charge is 2.33. The molecule has 1 aliphatic carbocycles. The van der Waals surface area contributed by atoms with Crippen molar-refractivity contribution in [3.63, 3.8) is 0 Å². The summed E-state index contributed by atoms with van der Waals surface area (Å²) in [6, 6.07) is 18.1. The van der Waals surface area contributed by atoms with Crippen LogP contribution in [0.25, 0.3) is 39.2 Å². The molecule has 3 aromatic carbocycles. The van der Waals surface area contributed by atoms with Gasteiger partial charge in [0.15, 0.2) is 0 Å². The fraction of sp³-hybridized carbons (Fsp3) is 0.0769. The molecule has 3 nitrogen and oxygen atoms in total. The maximum absolute atomic E-state index is 11.9. The first-order valence-corrected chi connectivity index (χ1v) is 10.2.